The minimum atomic E-state index is -0.500. The zero-order valence-corrected chi connectivity index (χ0v) is 9.17. The van der Waals surface area contributed by atoms with Crippen molar-refractivity contribution in [1.82, 2.24) is 5.32 Å². The minimum Gasteiger partial charge on any atom is -0.332 e. The van der Waals surface area contributed by atoms with Gasteiger partial charge in [0.15, 0.2) is 0 Å². The first-order chi connectivity index (χ1) is 7.61. The first-order valence-corrected chi connectivity index (χ1v) is 5.22. The van der Waals surface area contributed by atoms with Gasteiger partial charge in [0.05, 0.1) is 11.1 Å². The fourth-order valence-corrected chi connectivity index (χ4v) is 1.79. The van der Waals surface area contributed by atoms with E-state index < -0.39 is 5.82 Å². The van der Waals surface area contributed by atoms with Crippen LogP contribution in [0.3, 0.4) is 0 Å². The van der Waals surface area contributed by atoms with Gasteiger partial charge in [-0.15, -0.1) is 0 Å². The fourth-order valence-electron chi connectivity index (χ4n) is 1.61. The number of nitrogens with one attached hydrogen (secondary N) is 1. The number of hydrogen-bond acceptors (Lipinski definition) is 2. The number of nitrogens with two attached hydrogens (primary N) is 1. The first-order valence-electron chi connectivity index (χ1n) is 4.85. The zero-order valence-electron chi connectivity index (χ0n) is 8.41. The summed E-state index contributed by atoms with van der Waals surface area (Å²) in [6, 6.07) is 3.87. The molecule has 1 aromatic rings. The second-order valence-corrected chi connectivity index (χ2v) is 4.00. The van der Waals surface area contributed by atoms with Crippen molar-refractivity contribution in [1.29, 1.82) is 0 Å². The number of carbonyl (C=O) groups excluding carboxylic acids is 1. The van der Waals surface area contributed by atoms with Gasteiger partial charge in [-0.3, -0.25) is 4.90 Å². The highest BCUT2D eigenvalue weighted by Crippen LogP contribution is 2.24. The lowest BCUT2D eigenvalue weighted by Crippen LogP contribution is -2.33. The molecule has 4 nitrogen and oxygen atoms in total. The third kappa shape index (κ3) is 1.96. The van der Waals surface area contributed by atoms with Crippen LogP contribution >= 0.6 is 11.6 Å². The number of amides is 2. The molecule has 2 amide bonds. The quantitative estimate of drug-likeness (QED) is 0.824. The van der Waals surface area contributed by atoms with Crippen LogP contribution in [0.1, 0.15) is 0 Å². The molecule has 0 aromatic heterocycles. The van der Waals surface area contributed by atoms with Gasteiger partial charge in [0.2, 0.25) is 0 Å². The summed E-state index contributed by atoms with van der Waals surface area (Å²) in [4.78, 5) is 13.1. The van der Waals surface area contributed by atoms with E-state index in [0.29, 0.717) is 18.8 Å². The molecule has 1 fully saturated rings. The van der Waals surface area contributed by atoms with E-state index in [-0.39, 0.29) is 17.1 Å². The van der Waals surface area contributed by atoms with Crippen LogP contribution in [-0.2, 0) is 0 Å². The smallest absolute Gasteiger partial charge is 0.322 e. The van der Waals surface area contributed by atoms with Crippen LogP contribution in [0.15, 0.2) is 18.2 Å². The van der Waals surface area contributed by atoms with Crippen molar-refractivity contribution in [2.24, 2.45) is 5.73 Å². The Balaban J connectivity index is 2.24. The third-order valence-corrected chi connectivity index (χ3v) is 2.76. The van der Waals surface area contributed by atoms with Crippen molar-refractivity contribution in [3.8, 4) is 0 Å². The molecule has 1 unspecified atom stereocenters. The summed E-state index contributed by atoms with van der Waals surface area (Å²) < 4.78 is 13.0. The minimum absolute atomic E-state index is 0.00139. The summed E-state index contributed by atoms with van der Waals surface area (Å²) in [6.07, 6.45) is 0. The van der Waals surface area contributed by atoms with Gasteiger partial charge in [0.1, 0.15) is 5.82 Å². The van der Waals surface area contributed by atoms with Crippen LogP contribution in [0.5, 0.6) is 0 Å². The molecule has 0 aliphatic carbocycles. The van der Waals surface area contributed by atoms with E-state index in [4.69, 9.17) is 17.3 Å². The summed E-state index contributed by atoms with van der Waals surface area (Å²) >= 11 is 5.65. The number of halogens is 2. The maximum Gasteiger partial charge on any atom is 0.322 e. The second-order valence-electron chi connectivity index (χ2n) is 3.59. The summed E-state index contributed by atoms with van der Waals surface area (Å²) in [5, 5.41) is 2.71. The Morgan fingerprint density at radius 2 is 2.38 bits per heavy atom. The van der Waals surface area contributed by atoms with Crippen LogP contribution in [-0.4, -0.2) is 25.2 Å². The van der Waals surface area contributed by atoms with Crippen molar-refractivity contribution in [3.05, 3.63) is 29.0 Å². The van der Waals surface area contributed by atoms with Gasteiger partial charge in [-0.25, -0.2) is 9.18 Å². The van der Waals surface area contributed by atoms with Crippen LogP contribution in [0.25, 0.3) is 0 Å². The maximum atomic E-state index is 13.0. The molecule has 6 heteroatoms. The van der Waals surface area contributed by atoms with Gasteiger partial charge in [0.25, 0.3) is 0 Å². The molecule has 0 spiro atoms. The predicted molar refractivity (Wildman–Crippen MR) is 60.1 cm³/mol. The summed E-state index contributed by atoms with van der Waals surface area (Å²) in [6.45, 7) is 0.842. The number of nitrogens with zero attached hydrogens (tertiary/aromatic N) is 1. The Kier molecular flexibility index (Phi) is 2.98. The maximum absolute atomic E-state index is 13.0. The van der Waals surface area contributed by atoms with Crippen LogP contribution in [0.2, 0.25) is 5.02 Å². The van der Waals surface area contributed by atoms with Gasteiger partial charge in [-0.1, -0.05) is 11.6 Å². The molecule has 3 N–H and O–H groups in total. The molecule has 0 saturated carbocycles. The lowest BCUT2D eigenvalue weighted by molar-refractivity contribution is 0.251. The van der Waals surface area contributed by atoms with Gasteiger partial charge < -0.3 is 11.1 Å². The van der Waals surface area contributed by atoms with Crippen LogP contribution < -0.4 is 16.0 Å². The van der Waals surface area contributed by atoms with Gasteiger partial charge in [-0.05, 0) is 18.2 Å². The van der Waals surface area contributed by atoms with Gasteiger partial charge in [0, 0.05) is 18.8 Å². The predicted octanol–water partition coefficient (Wildman–Crippen LogP) is 1.34. The van der Waals surface area contributed by atoms with Crippen LogP contribution in [0, 0.1) is 5.82 Å². The van der Waals surface area contributed by atoms with Crippen LogP contribution in [0.4, 0.5) is 14.9 Å². The number of rotatable bonds is 2. The number of anilines is 1. The van der Waals surface area contributed by atoms with Gasteiger partial charge in [-0.2, -0.15) is 0 Å². The molecule has 1 aromatic carbocycles. The first kappa shape index (κ1) is 11.2. The third-order valence-electron chi connectivity index (χ3n) is 2.48. The van der Waals surface area contributed by atoms with E-state index in [1.807, 2.05) is 0 Å². The van der Waals surface area contributed by atoms with E-state index in [2.05, 4.69) is 5.32 Å². The highest BCUT2D eigenvalue weighted by Gasteiger charge is 2.28. The number of benzene rings is 1. The van der Waals surface area contributed by atoms with E-state index in [9.17, 15) is 9.18 Å². The monoisotopic (exact) mass is 243 g/mol. The molecule has 1 aliphatic heterocycles. The number of carbonyl (C=O) groups is 1. The molecular formula is C10H11ClFN3O. The molecule has 0 radical (unpaired) electrons. The Morgan fingerprint density at radius 3 is 2.94 bits per heavy atom. The van der Waals surface area contributed by atoms with Crippen molar-refractivity contribution in [2.75, 3.05) is 18.0 Å². The topological polar surface area (TPSA) is 58.4 Å². The molecule has 0 bridgehead atoms. The summed E-state index contributed by atoms with van der Waals surface area (Å²) in [5.74, 6) is -0.500. The Bertz CT molecular complexity index is 427. The van der Waals surface area contributed by atoms with E-state index in [0.717, 1.165) is 0 Å². The molecule has 1 atom stereocenters. The Morgan fingerprint density at radius 1 is 1.62 bits per heavy atom. The largest absolute Gasteiger partial charge is 0.332 e. The van der Waals surface area contributed by atoms with E-state index in [1.54, 1.807) is 0 Å². The Labute approximate surface area is 97.2 Å². The SMILES string of the molecule is NCC1CN(c2ccc(F)c(Cl)c2)C(=O)N1. The zero-order chi connectivity index (χ0) is 11.7. The highest BCUT2D eigenvalue weighted by atomic mass is 35.5. The normalized spacial score (nSPS) is 20.1. The van der Waals surface area contributed by atoms with E-state index in [1.165, 1.54) is 23.1 Å². The summed E-state index contributed by atoms with van der Waals surface area (Å²) in [5.41, 5.74) is 6.03. The standard InChI is InChI=1S/C10H11ClFN3O/c11-8-3-7(1-2-9(8)12)15-5-6(4-13)14-10(15)16/h1-3,6H,4-5,13H2,(H,14,16). The molecule has 86 valence electrons. The van der Waals surface area contributed by atoms with Crippen molar-refractivity contribution in [3.63, 3.8) is 0 Å². The van der Waals surface area contributed by atoms with Crippen molar-refractivity contribution in [2.45, 2.75) is 6.04 Å². The lowest BCUT2D eigenvalue weighted by Gasteiger charge is -2.14. The average Bonchev–Trinajstić information content (AvgIpc) is 2.64. The average molecular weight is 244 g/mol. The molecule has 1 aliphatic rings. The number of hydrogen-bond donors (Lipinski definition) is 2. The van der Waals surface area contributed by atoms with Crippen molar-refractivity contribution >= 4 is 23.3 Å². The molecule has 1 saturated heterocycles. The second kappa shape index (κ2) is 4.27. The Hall–Kier alpha value is -1.33. The van der Waals surface area contributed by atoms with E-state index >= 15 is 0 Å². The van der Waals surface area contributed by atoms with Gasteiger partial charge >= 0.3 is 6.03 Å². The fraction of sp³-hybridized carbons (Fsp3) is 0.300. The molecule has 2 rings (SSSR count). The number of urea groups is 1. The summed E-state index contributed by atoms with van der Waals surface area (Å²) in [7, 11) is 0. The molecule has 1 heterocycles. The molecular weight excluding hydrogens is 233 g/mol. The lowest BCUT2D eigenvalue weighted by atomic mass is 10.2. The highest BCUT2D eigenvalue weighted by molar-refractivity contribution is 6.31. The van der Waals surface area contributed by atoms with Crippen molar-refractivity contribution < 1.29 is 9.18 Å². The molecule has 16 heavy (non-hydrogen) atoms.